The maximum Gasteiger partial charge on any atom is 0.324 e. The van der Waals surface area contributed by atoms with Crippen LogP contribution < -0.4 is 9.84 Å². The molecule has 0 atom stereocenters. The molecule has 6 nitrogen and oxygen atoms in total. The van der Waals surface area contributed by atoms with Crippen LogP contribution in [0.15, 0.2) is 50.1 Å². The fourth-order valence-electron chi connectivity index (χ4n) is 2.30. The fourth-order valence-corrected chi connectivity index (χ4v) is 3.00. The first-order chi connectivity index (χ1) is 11.7. The zero-order valence-corrected chi connectivity index (χ0v) is 15.8. The predicted molar refractivity (Wildman–Crippen MR) is 99.7 cm³/mol. The number of aromatic nitrogens is 1. The van der Waals surface area contributed by atoms with E-state index < -0.39 is 15.7 Å². The molecular formula is C17H14BrNO5S. The number of hydrogen-bond donors (Lipinski definition) is 0. The van der Waals surface area contributed by atoms with Gasteiger partial charge in [0.2, 0.25) is 0 Å². The molecule has 1 aromatic carbocycles. The van der Waals surface area contributed by atoms with E-state index in [1.807, 2.05) is 30.3 Å². The number of para-hydroxylation sites is 1. The Kier molecular flexibility index (Phi) is 4.57. The van der Waals surface area contributed by atoms with Gasteiger partial charge in [-0.3, -0.25) is 9.08 Å². The van der Waals surface area contributed by atoms with Crippen molar-refractivity contribution in [3.8, 4) is 0 Å². The van der Waals surface area contributed by atoms with Gasteiger partial charge >= 0.3 is 10.1 Å². The molecule has 8 heteroatoms. The van der Waals surface area contributed by atoms with Gasteiger partial charge in [0, 0.05) is 5.39 Å². The standard InChI is InChI=1S/C17H14BrNO5S/c1-11-9-13(19(17(20)16(11)18)24-25(2,21)22)7-8-14-10-12-5-3-4-6-15(12)23-14/h3-10H,1-2H3. The van der Waals surface area contributed by atoms with E-state index in [0.717, 1.165) is 22.0 Å². The number of fused-ring (bicyclic) bond motifs is 1. The third kappa shape index (κ3) is 3.85. The van der Waals surface area contributed by atoms with Crippen molar-refractivity contribution in [1.82, 2.24) is 4.73 Å². The lowest BCUT2D eigenvalue weighted by atomic mass is 10.2. The van der Waals surface area contributed by atoms with Gasteiger partial charge in [-0.05, 0) is 58.8 Å². The first-order valence-corrected chi connectivity index (χ1v) is 9.84. The first-order valence-electron chi connectivity index (χ1n) is 7.23. The highest BCUT2D eigenvalue weighted by atomic mass is 79.9. The maximum atomic E-state index is 12.3. The minimum atomic E-state index is -3.87. The Labute approximate surface area is 152 Å². The molecule has 0 amide bonds. The monoisotopic (exact) mass is 423 g/mol. The molecule has 0 aliphatic rings. The molecule has 0 saturated carbocycles. The molecule has 0 N–H and O–H groups in total. The van der Waals surface area contributed by atoms with Crippen molar-refractivity contribution >= 4 is 49.2 Å². The van der Waals surface area contributed by atoms with Gasteiger partial charge in [0.25, 0.3) is 5.56 Å². The van der Waals surface area contributed by atoms with Crippen LogP contribution in [0.4, 0.5) is 0 Å². The minimum Gasteiger partial charge on any atom is -0.457 e. The normalized spacial score (nSPS) is 12.1. The molecular weight excluding hydrogens is 410 g/mol. The third-order valence-corrected chi connectivity index (χ3v) is 4.77. The zero-order chi connectivity index (χ0) is 18.2. The summed E-state index contributed by atoms with van der Waals surface area (Å²) in [5.74, 6) is 0.570. The number of rotatable bonds is 4. The Morgan fingerprint density at radius 3 is 2.60 bits per heavy atom. The van der Waals surface area contributed by atoms with Gasteiger partial charge < -0.3 is 4.42 Å². The quantitative estimate of drug-likeness (QED) is 0.643. The van der Waals surface area contributed by atoms with Crippen LogP contribution in [-0.4, -0.2) is 19.4 Å². The van der Waals surface area contributed by atoms with Crippen molar-refractivity contribution in [1.29, 1.82) is 0 Å². The van der Waals surface area contributed by atoms with Crippen molar-refractivity contribution in [2.24, 2.45) is 0 Å². The molecule has 130 valence electrons. The summed E-state index contributed by atoms with van der Waals surface area (Å²) in [6.07, 6.45) is 4.08. The molecule has 0 fully saturated rings. The summed E-state index contributed by atoms with van der Waals surface area (Å²) >= 11 is 3.14. The van der Waals surface area contributed by atoms with Crippen LogP contribution in [0.5, 0.6) is 0 Å². The average molecular weight is 424 g/mol. The van der Waals surface area contributed by atoms with Crippen LogP contribution in [0.2, 0.25) is 0 Å². The lowest BCUT2D eigenvalue weighted by molar-refractivity contribution is 0.266. The number of hydrogen-bond acceptors (Lipinski definition) is 5. The van der Waals surface area contributed by atoms with E-state index in [9.17, 15) is 13.2 Å². The SMILES string of the molecule is Cc1cc(C=Cc2cc3ccccc3o2)n(OS(C)(=O)=O)c(=O)c1Br. The second-order valence-electron chi connectivity index (χ2n) is 5.46. The zero-order valence-electron chi connectivity index (χ0n) is 13.4. The number of furan rings is 1. The Hall–Kier alpha value is -2.32. The second-order valence-corrected chi connectivity index (χ2v) is 7.81. The summed E-state index contributed by atoms with van der Waals surface area (Å²) in [6.45, 7) is 1.73. The molecule has 3 rings (SSSR count). The van der Waals surface area contributed by atoms with Gasteiger partial charge in [-0.15, -0.1) is 4.73 Å². The highest BCUT2D eigenvalue weighted by Gasteiger charge is 2.14. The van der Waals surface area contributed by atoms with Gasteiger partial charge in [-0.2, -0.15) is 8.42 Å². The van der Waals surface area contributed by atoms with E-state index in [2.05, 4.69) is 15.9 Å². The van der Waals surface area contributed by atoms with Crippen LogP contribution >= 0.6 is 15.9 Å². The van der Waals surface area contributed by atoms with Crippen LogP contribution in [0.3, 0.4) is 0 Å². The van der Waals surface area contributed by atoms with E-state index in [4.69, 9.17) is 8.70 Å². The molecule has 0 radical (unpaired) electrons. The van der Waals surface area contributed by atoms with Gasteiger partial charge in [-0.1, -0.05) is 18.2 Å². The Morgan fingerprint density at radius 2 is 1.92 bits per heavy atom. The molecule has 2 aromatic heterocycles. The third-order valence-electron chi connectivity index (χ3n) is 3.39. The summed E-state index contributed by atoms with van der Waals surface area (Å²) in [6, 6.07) is 11.0. The van der Waals surface area contributed by atoms with Crippen LogP contribution in [0.25, 0.3) is 23.1 Å². The van der Waals surface area contributed by atoms with Gasteiger partial charge in [-0.25, -0.2) is 0 Å². The number of halogens is 1. The van der Waals surface area contributed by atoms with Gasteiger partial charge in [0.1, 0.15) is 11.3 Å². The second kappa shape index (κ2) is 6.53. The number of nitrogens with zero attached hydrogens (tertiary/aromatic N) is 1. The highest BCUT2D eigenvalue weighted by molar-refractivity contribution is 9.10. The number of benzene rings is 1. The molecule has 25 heavy (non-hydrogen) atoms. The molecule has 0 spiro atoms. The van der Waals surface area contributed by atoms with E-state index in [1.165, 1.54) is 0 Å². The summed E-state index contributed by atoms with van der Waals surface area (Å²) in [5.41, 5.74) is 1.06. The topological polar surface area (TPSA) is 78.5 Å². The smallest absolute Gasteiger partial charge is 0.324 e. The fraction of sp³-hybridized carbons (Fsp3) is 0.118. The summed E-state index contributed by atoms with van der Waals surface area (Å²) < 4.78 is 34.4. The number of pyridine rings is 1. The molecule has 0 bridgehead atoms. The maximum absolute atomic E-state index is 12.3. The van der Waals surface area contributed by atoms with E-state index in [0.29, 0.717) is 11.3 Å². The Bertz CT molecular complexity index is 1110. The van der Waals surface area contributed by atoms with Crippen molar-refractivity contribution < 1.29 is 17.1 Å². The molecule has 0 saturated heterocycles. The Morgan fingerprint density at radius 1 is 1.20 bits per heavy atom. The molecule has 2 heterocycles. The predicted octanol–water partition coefficient (Wildman–Crippen LogP) is 3.22. The van der Waals surface area contributed by atoms with Crippen molar-refractivity contribution in [2.75, 3.05) is 6.26 Å². The highest BCUT2D eigenvalue weighted by Crippen LogP contribution is 2.21. The largest absolute Gasteiger partial charge is 0.457 e. The molecule has 3 aromatic rings. The van der Waals surface area contributed by atoms with Crippen LogP contribution in [0, 0.1) is 6.92 Å². The van der Waals surface area contributed by atoms with E-state index >= 15 is 0 Å². The first kappa shape index (κ1) is 17.5. The summed E-state index contributed by atoms with van der Waals surface area (Å²) in [7, 11) is -3.87. The average Bonchev–Trinajstić information content (AvgIpc) is 2.96. The van der Waals surface area contributed by atoms with Gasteiger partial charge in [0.15, 0.2) is 0 Å². The van der Waals surface area contributed by atoms with Gasteiger partial charge in [0.05, 0.1) is 16.4 Å². The van der Waals surface area contributed by atoms with Crippen LogP contribution in [-0.2, 0) is 10.1 Å². The van der Waals surface area contributed by atoms with E-state index in [-0.39, 0.29) is 10.2 Å². The van der Waals surface area contributed by atoms with Crippen molar-refractivity contribution in [2.45, 2.75) is 6.92 Å². The summed E-state index contributed by atoms with van der Waals surface area (Å²) in [4.78, 5) is 12.3. The molecule has 0 aliphatic heterocycles. The number of aryl methyl sites for hydroxylation is 1. The molecule has 0 unspecified atom stereocenters. The van der Waals surface area contributed by atoms with E-state index in [1.54, 1.807) is 25.1 Å². The van der Waals surface area contributed by atoms with Crippen molar-refractivity contribution in [3.63, 3.8) is 0 Å². The minimum absolute atomic E-state index is 0.233. The van der Waals surface area contributed by atoms with Crippen LogP contribution in [0.1, 0.15) is 17.0 Å². The molecule has 0 aliphatic carbocycles. The Balaban J connectivity index is 2.07. The van der Waals surface area contributed by atoms with Crippen molar-refractivity contribution in [3.05, 3.63) is 68.2 Å². The lowest BCUT2D eigenvalue weighted by Crippen LogP contribution is -2.32. The lowest BCUT2D eigenvalue weighted by Gasteiger charge is -2.11. The summed E-state index contributed by atoms with van der Waals surface area (Å²) in [5, 5.41) is 0.943.